The van der Waals surface area contributed by atoms with Gasteiger partial charge in [-0.05, 0) is 37.1 Å². The van der Waals surface area contributed by atoms with Crippen molar-refractivity contribution in [1.82, 2.24) is 5.32 Å². The monoisotopic (exact) mass is 326 g/mol. The highest BCUT2D eigenvalue weighted by molar-refractivity contribution is 9.10. The van der Waals surface area contributed by atoms with Crippen molar-refractivity contribution in [2.24, 2.45) is 0 Å². The van der Waals surface area contributed by atoms with Crippen LogP contribution in [0.1, 0.15) is 31.7 Å². The summed E-state index contributed by atoms with van der Waals surface area (Å²) >= 11 is 3.38. The van der Waals surface area contributed by atoms with Crippen LogP contribution < -0.4 is 10.6 Å². The standard InChI is InChI=1S/C14H19BrN2O2/c1-3-4-5-8-16-13(18)14(19)17-11-6-7-12(15)10(2)9-11/h6-7,9H,3-5,8H2,1-2H3,(H,16,18)(H,17,19). The molecule has 0 saturated carbocycles. The number of aryl methyl sites for hydroxylation is 1. The van der Waals surface area contributed by atoms with Gasteiger partial charge < -0.3 is 10.6 Å². The lowest BCUT2D eigenvalue weighted by Gasteiger charge is -2.07. The maximum atomic E-state index is 11.6. The number of hydrogen-bond donors (Lipinski definition) is 2. The lowest BCUT2D eigenvalue weighted by molar-refractivity contribution is -0.136. The molecule has 0 fully saturated rings. The predicted molar refractivity (Wildman–Crippen MR) is 80.0 cm³/mol. The minimum absolute atomic E-state index is 0.541. The van der Waals surface area contributed by atoms with Crippen LogP contribution in [-0.2, 0) is 9.59 Å². The lowest BCUT2D eigenvalue weighted by atomic mass is 10.2. The number of amides is 2. The third-order valence-corrected chi connectivity index (χ3v) is 3.58. The van der Waals surface area contributed by atoms with E-state index in [4.69, 9.17) is 0 Å². The Morgan fingerprint density at radius 1 is 1.21 bits per heavy atom. The first kappa shape index (κ1) is 15.7. The van der Waals surface area contributed by atoms with Crippen molar-refractivity contribution >= 4 is 33.4 Å². The molecule has 0 spiro atoms. The number of carbonyl (C=O) groups is 2. The first-order valence-corrected chi connectivity index (χ1v) is 7.19. The number of anilines is 1. The third kappa shape index (κ3) is 5.42. The first-order valence-electron chi connectivity index (χ1n) is 6.40. The van der Waals surface area contributed by atoms with Gasteiger partial charge >= 0.3 is 11.8 Å². The largest absolute Gasteiger partial charge is 0.348 e. The van der Waals surface area contributed by atoms with E-state index in [1.807, 2.05) is 19.1 Å². The van der Waals surface area contributed by atoms with Crippen molar-refractivity contribution in [3.8, 4) is 0 Å². The zero-order valence-corrected chi connectivity index (χ0v) is 12.8. The Bertz CT molecular complexity index is 461. The second-order valence-electron chi connectivity index (χ2n) is 4.38. The molecule has 2 amide bonds. The van der Waals surface area contributed by atoms with E-state index >= 15 is 0 Å². The van der Waals surface area contributed by atoms with E-state index < -0.39 is 11.8 Å². The average molecular weight is 327 g/mol. The second-order valence-corrected chi connectivity index (χ2v) is 5.24. The first-order chi connectivity index (χ1) is 9.04. The smallest absolute Gasteiger partial charge is 0.313 e. The summed E-state index contributed by atoms with van der Waals surface area (Å²) in [7, 11) is 0. The Labute approximate surface area is 122 Å². The van der Waals surface area contributed by atoms with Gasteiger partial charge in [0.2, 0.25) is 0 Å². The zero-order valence-electron chi connectivity index (χ0n) is 11.3. The van der Waals surface area contributed by atoms with Gasteiger partial charge in [0.05, 0.1) is 0 Å². The van der Waals surface area contributed by atoms with E-state index in [0.29, 0.717) is 12.2 Å². The van der Waals surface area contributed by atoms with Crippen molar-refractivity contribution in [1.29, 1.82) is 0 Å². The Morgan fingerprint density at radius 3 is 2.58 bits per heavy atom. The Hall–Kier alpha value is -1.36. The molecular formula is C14H19BrN2O2. The number of halogens is 1. The molecule has 2 N–H and O–H groups in total. The molecule has 0 unspecified atom stereocenters. The van der Waals surface area contributed by atoms with Gasteiger partial charge in [-0.1, -0.05) is 35.7 Å². The molecule has 104 valence electrons. The van der Waals surface area contributed by atoms with Crippen LogP contribution in [0.25, 0.3) is 0 Å². The minimum atomic E-state index is -0.627. The summed E-state index contributed by atoms with van der Waals surface area (Å²) in [6.45, 7) is 4.55. The molecule has 1 aromatic rings. The van der Waals surface area contributed by atoms with Gasteiger partial charge in [-0.3, -0.25) is 9.59 Å². The number of carbonyl (C=O) groups excluding carboxylic acids is 2. The normalized spacial score (nSPS) is 10.1. The summed E-state index contributed by atoms with van der Waals surface area (Å²) in [5.74, 6) is -1.21. The molecule has 5 heteroatoms. The number of unbranched alkanes of at least 4 members (excludes halogenated alkanes) is 2. The summed E-state index contributed by atoms with van der Waals surface area (Å²) in [4.78, 5) is 23.2. The maximum Gasteiger partial charge on any atom is 0.313 e. The van der Waals surface area contributed by atoms with Crippen molar-refractivity contribution < 1.29 is 9.59 Å². The van der Waals surface area contributed by atoms with E-state index in [-0.39, 0.29) is 0 Å². The molecule has 0 saturated heterocycles. The molecule has 0 radical (unpaired) electrons. The summed E-state index contributed by atoms with van der Waals surface area (Å²) in [6, 6.07) is 5.40. The van der Waals surface area contributed by atoms with Gasteiger partial charge in [0.25, 0.3) is 0 Å². The summed E-state index contributed by atoms with van der Waals surface area (Å²) in [5, 5.41) is 5.18. The SMILES string of the molecule is CCCCCNC(=O)C(=O)Nc1ccc(Br)c(C)c1. The Morgan fingerprint density at radius 2 is 1.95 bits per heavy atom. The van der Waals surface area contributed by atoms with Gasteiger partial charge in [-0.25, -0.2) is 0 Å². The Balaban J connectivity index is 2.45. The average Bonchev–Trinajstić information content (AvgIpc) is 2.38. The quantitative estimate of drug-likeness (QED) is 0.645. The molecule has 0 aliphatic rings. The topological polar surface area (TPSA) is 58.2 Å². The van der Waals surface area contributed by atoms with E-state index in [1.54, 1.807) is 6.07 Å². The second kappa shape index (κ2) is 7.94. The summed E-state index contributed by atoms with van der Waals surface area (Å²) < 4.78 is 0.967. The van der Waals surface area contributed by atoms with E-state index in [9.17, 15) is 9.59 Å². The highest BCUT2D eigenvalue weighted by Crippen LogP contribution is 2.19. The van der Waals surface area contributed by atoms with Crippen LogP contribution in [0.15, 0.2) is 22.7 Å². The molecule has 0 aliphatic carbocycles. The van der Waals surface area contributed by atoms with Gasteiger partial charge in [-0.2, -0.15) is 0 Å². The van der Waals surface area contributed by atoms with E-state index in [0.717, 1.165) is 29.3 Å². The van der Waals surface area contributed by atoms with Crippen LogP contribution in [0.2, 0.25) is 0 Å². The van der Waals surface area contributed by atoms with Gasteiger partial charge in [0.15, 0.2) is 0 Å². The van der Waals surface area contributed by atoms with Crippen LogP contribution in [0.5, 0.6) is 0 Å². The molecule has 19 heavy (non-hydrogen) atoms. The minimum Gasteiger partial charge on any atom is -0.348 e. The fourth-order valence-corrected chi connectivity index (χ4v) is 1.81. The highest BCUT2D eigenvalue weighted by atomic mass is 79.9. The van der Waals surface area contributed by atoms with E-state index in [1.165, 1.54) is 0 Å². The molecule has 0 atom stereocenters. The number of benzene rings is 1. The van der Waals surface area contributed by atoms with Crippen LogP contribution in [0.3, 0.4) is 0 Å². The molecule has 0 heterocycles. The summed E-state index contributed by atoms with van der Waals surface area (Å²) in [5.41, 5.74) is 1.62. The van der Waals surface area contributed by atoms with Crippen LogP contribution in [-0.4, -0.2) is 18.4 Å². The highest BCUT2D eigenvalue weighted by Gasteiger charge is 2.13. The fraction of sp³-hybridized carbons (Fsp3) is 0.429. The zero-order chi connectivity index (χ0) is 14.3. The molecular weight excluding hydrogens is 308 g/mol. The lowest BCUT2D eigenvalue weighted by Crippen LogP contribution is -2.35. The van der Waals surface area contributed by atoms with Crippen molar-refractivity contribution in [2.45, 2.75) is 33.1 Å². The fourth-order valence-electron chi connectivity index (χ4n) is 1.57. The van der Waals surface area contributed by atoms with Crippen LogP contribution >= 0.6 is 15.9 Å². The predicted octanol–water partition coefficient (Wildman–Crippen LogP) is 3.00. The molecule has 1 aromatic carbocycles. The molecule has 0 bridgehead atoms. The maximum absolute atomic E-state index is 11.6. The Kier molecular flexibility index (Phi) is 6.56. The van der Waals surface area contributed by atoms with Gasteiger partial charge in [0, 0.05) is 16.7 Å². The van der Waals surface area contributed by atoms with E-state index in [2.05, 4.69) is 33.5 Å². The molecule has 4 nitrogen and oxygen atoms in total. The molecule has 0 aliphatic heterocycles. The molecule has 1 rings (SSSR count). The number of hydrogen-bond acceptors (Lipinski definition) is 2. The van der Waals surface area contributed by atoms with Crippen LogP contribution in [0.4, 0.5) is 5.69 Å². The van der Waals surface area contributed by atoms with Gasteiger partial charge in [0.1, 0.15) is 0 Å². The third-order valence-electron chi connectivity index (χ3n) is 2.69. The number of rotatable bonds is 5. The van der Waals surface area contributed by atoms with Crippen molar-refractivity contribution in [3.63, 3.8) is 0 Å². The molecule has 0 aromatic heterocycles. The summed E-state index contributed by atoms with van der Waals surface area (Å²) in [6.07, 6.45) is 3.03. The number of nitrogens with one attached hydrogen (secondary N) is 2. The van der Waals surface area contributed by atoms with Crippen LogP contribution in [0, 0.1) is 6.92 Å². The van der Waals surface area contributed by atoms with Gasteiger partial charge in [-0.15, -0.1) is 0 Å². The van der Waals surface area contributed by atoms with Crippen molar-refractivity contribution in [2.75, 3.05) is 11.9 Å². The van der Waals surface area contributed by atoms with Crippen molar-refractivity contribution in [3.05, 3.63) is 28.2 Å².